The van der Waals surface area contributed by atoms with Crippen LogP contribution in [0.2, 0.25) is 0 Å². The summed E-state index contributed by atoms with van der Waals surface area (Å²) < 4.78 is 15.0. The molecule has 0 aliphatic heterocycles. The van der Waals surface area contributed by atoms with Crippen LogP contribution in [-0.2, 0) is 6.42 Å². The fraction of sp³-hybridized carbons (Fsp3) is 0.333. The summed E-state index contributed by atoms with van der Waals surface area (Å²) in [5.74, 6) is 0.130. The molecule has 4 nitrogen and oxygen atoms in total. The second kappa shape index (κ2) is 4.53. The number of rotatable bonds is 3. The molecule has 0 saturated heterocycles. The zero-order valence-electron chi connectivity index (χ0n) is 9.94. The summed E-state index contributed by atoms with van der Waals surface area (Å²) in [7, 11) is 0. The van der Waals surface area contributed by atoms with Crippen molar-refractivity contribution in [2.45, 2.75) is 26.7 Å². The summed E-state index contributed by atoms with van der Waals surface area (Å²) in [6, 6.07) is 4.76. The molecule has 0 spiro atoms. The summed E-state index contributed by atoms with van der Waals surface area (Å²) in [5, 5.41) is 7.80. The van der Waals surface area contributed by atoms with E-state index in [9.17, 15) is 4.39 Å². The summed E-state index contributed by atoms with van der Waals surface area (Å²) in [6.07, 6.45) is 1.71. The first-order valence-electron chi connectivity index (χ1n) is 5.59. The van der Waals surface area contributed by atoms with Gasteiger partial charge in [0.15, 0.2) is 5.82 Å². The minimum atomic E-state index is -0.281. The van der Waals surface area contributed by atoms with E-state index < -0.39 is 0 Å². The van der Waals surface area contributed by atoms with Crippen LogP contribution in [0.5, 0.6) is 0 Å². The first-order valence-corrected chi connectivity index (χ1v) is 5.59. The Bertz CT molecular complexity index is 513. The number of nitrogens with two attached hydrogens (primary N) is 1. The lowest BCUT2D eigenvalue weighted by molar-refractivity contribution is 0.622. The van der Waals surface area contributed by atoms with E-state index in [1.807, 2.05) is 19.9 Å². The van der Waals surface area contributed by atoms with Crippen LogP contribution in [0.4, 0.5) is 10.2 Å². The predicted molar refractivity (Wildman–Crippen MR) is 64.5 cm³/mol. The van der Waals surface area contributed by atoms with Gasteiger partial charge in [-0.15, -0.1) is 5.10 Å². The molecule has 1 aromatic carbocycles. The smallest absolute Gasteiger partial charge is 0.169 e. The normalized spacial score (nSPS) is 10.8. The lowest BCUT2D eigenvalue weighted by Gasteiger charge is -2.07. The van der Waals surface area contributed by atoms with Crippen LogP contribution in [0, 0.1) is 12.7 Å². The van der Waals surface area contributed by atoms with Crippen molar-refractivity contribution in [1.82, 2.24) is 15.0 Å². The van der Waals surface area contributed by atoms with Crippen molar-refractivity contribution in [2.24, 2.45) is 0 Å². The monoisotopic (exact) mass is 234 g/mol. The summed E-state index contributed by atoms with van der Waals surface area (Å²) in [4.78, 5) is 0. The third-order valence-corrected chi connectivity index (χ3v) is 2.55. The second-order valence-electron chi connectivity index (χ2n) is 4.07. The van der Waals surface area contributed by atoms with Gasteiger partial charge < -0.3 is 5.73 Å². The van der Waals surface area contributed by atoms with Gasteiger partial charge in [-0.3, -0.25) is 0 Å². The number of aromatic nitrogens is 3. The Morgan fingerprint density at radius 2 is 2.12 bits per heavy atom. The average Bonchev–Trinajstić information content (AvgIpc) is 2.60. The van der Waals surface area contributed by atoms with Crippen LogP contribution in [0.3, 0.4) is 0 Å². The summed E-state index contributed by atoms with van der Waals surface area (Å²) in [5.41, 5.74) is 8.09. The summed E-state index contributed by atoms with van der Waals surface area (Å²) >= 11 is 0. The zero-order valence-corrected chi connectivity index (χ0v) is 9.94. The number of anilines is 1. The van der Waals surface area contributed by atoms with Crippen molar-refractivity contribution in [2.75, 3.05) is 5.73 Å². The van der Waals surface area contributed by atoms with Crippen LogP contribution < -0.4 is 5.73 Å². The lowest BCUT2D eigenvalue weighted by atomic mass is 10.2. The molecule has 0 aliphatic carbocycles. The molecule has 2 rings (SSSR count). The SMILES string of the molecule is CCCc1c(N)nnn1-c1cc(C)cc(F)c1. The van der Waals surface area contributed by atoms with Crippen molar-refractivity contribution >= 4 is 5.82 Å². The van der Waals surface area contributed by atoms with Crippen LogP contribution >= 0.6 is 0 Å². The standard InChI is InChI=1S/C12H15FN4/c1-3-4-11-12(14)15-16-17(11)10-6-8(2)5-9(13)7-10/h5-7H,3-4,14H2,1-2H3. The molecule has 0 saturated carbocycles. The van der Waals surface area contributed by atoms with Gasteiger partial charge in [-0.25, -0.2) is 9.07 Å². The highest BCUT2D eigenvalue weighted by atomic mass is 19.1. The first kappa shape index (κ1) is 11.6. The third-order valence-electron chi connectivity index (χ3n) is 2.55. The first-order chi connectivity index (χ1) is 8.11. The highest BCUT2D eigenvalue weighted by Gasteiger charge is 2.11. The molecular weight excluding hydrogens is 219 g/mol. The molecule has 2 N–H and O–H groups in total. The minimum Gasteiger partial charge on any atom is -0.381 e. The Hall–Kier alpha value is -1.91. The van der Waals surface area contributed by atoms with E-state index in [1.54, 1.807) is 4.68 Å². The van der Waals surface area contributed by atoms with Crippen LogP contribution in [0.25, 0.3) is 5.69 Å². The molecule has 0 amide bonds. The number of nitrogen functional groups attached to an aromatic ring is 1. The topological polar surface area (TPSA) is 56.7 Å². The van der Waals surface area contributed by atoms with E-state index >= 15 is 0 Å². The van der Waals surface area contributed by atoms with Crippen molar-refractivity contribution in [1.29, 1.82) is 0 Å². The molecule has 0 fully saturated rings. The Morgan fingerprint density at radius 3 is 2.76 bits per heavy atom. The second-order valence-corrected chi connectivity index (χ2v) is 4.07. The van der Waals surface area contributed by atoms with Crippen molar-refractivity contribution < 1.29 is 4.39 Å². The quantitative estimate of drug-likeness (QED) is 0.886. The molecule has 1 aromatic heterocycles. The molecule has 0 unspecified atom stereocenters. The van der Waals surface area contributed by atoms with E-state index in [2.05, 4.69) is 10.3 Å². The van der Waals surface area contributed by atoms with Gasteiger partial charge in [-0.2, -0.15) is 0 Å². The fourth-order valence-electron chi connectivity index (χ4n) is 1.83. The van der Waals surface area contributed by atoms with E-state index in [0.717, 1.165) is 24.1 Å². The van der Waals surface area contributed by atoms with Crippen molar-refractivity contribution in [3.05, 3.63) is 35.3 Å². The van der Waals surface area contributed by atoms with E-state index in [0.29, 0.717) is 11.5 Å². The Morgan fingerprint density at radius 1 is 1.35 bits per heavy atom. The number of nitrogens with zero attached hydrogens (tertiary/aromatic N) is 3. The van der Waals surface area contributed by atoms with E-state index in [4.69, 9.17) is 5.73 Å². The molecule has 0 aliphatic rings. The highest BCUT2D eigenvalue weighted by Crippen LogP contribution is 2.18. The molecule has 2 aromatic rings. The Kier molecular flexibility index (Phi) is 3.08. The van der Waals surface area contributed by atoms with Crippen LogP contribution in [-0.4, -0.2) is 15.0 Å². The number of hydrogen-bond acceptors (Lipinski definition) is 3. The van der Waals surface area contributed by atoms with Gasteiger partial charge in [0, 0.05) is 0 Å². The Labute approximate surface area is 99.2 Å². The number of benzene rings is 1. The van der Waals surface area contributed by atoms with Gasteiger partial charge >= 0.3 is 0 Å². The molecule has 0 radical (unpaired) electrons. The average molecular weight is 234 g/mol. The Balaban J connectivity index is 2.52. The lowest BCUT2D eigenvalue weighted by Crippen LogP contribution is -2.04. The van der Waals surface area contributed by atoms with Crippen molar-refractivity contribution in [3.63, 3.8) is 0 Å². The van der Waals surface area contributed by atoms with E-state index in [1.165, 1.54) is 12.1 Å². The van der Waals surface area contributed by atoms with Crippen LogP contribution in [0.1, 0.15) is 24.6 Å². The predicted octanol–water partition coefficient (Wildman–Crippen LogP) is 2.25. The van der Waals surface area contributed by atoms with Gasteiger partial charge in [0.1, 0.15) is 5.82 Å². The van der Waals surface area contributed by atoms with Crippen LogP contribution in [0.15, 0.2) is 18.2 Å². The van der Waals surface area contributed by atoms with Gasteiger partial charge in [-0.1, -0.05) is 18.6 Å². The fourth-order valence-corrected chi connectivity index (χ4v) is 1.83. The molecule has 0 atom stereocenters. The molecule has 1 heterocycles. The molecular formula is C12H15FN4. The van der Waals surface area contributed by atoms with Gasteiger partial charge in [0.25, 0.3) is 0 Å². The van der Waals surface area contributed by atoms with Crippen molar-refractivity contribution in [3.8, 4) is 5.69 Å². The maximum absolute atomic E-state index is 13.3. The summed E-state index contributed by atoms with van der Waals surface area (Å²) in [6.45, 7) is 3.89. The molecule has 0 bridgehead atoms. The largest absolute Gasteiger partial charge is 0.381 e. The third kappa shape index (κ3) is 2.27. The molecule has 90 valence electrons. The van der Waals surface area contributed by atoms with Gasteiger partial charge in [0.2, 0.25) is 0 Å². The van der Waals surface area contributed by atoms with Gasteiger partial charge in [-0.05, 0) is 37.1 Å². The number of hydrogen-bond donors (Lipinski definition) is 1. The molecule has 17 heavy (non-hydrogen) atoms. The number of aryl methyl sites for hydroxylation is 1. The molecule has 5 heteroatoms. The minimum absolute atomic E-state index is 0.281. The highest BCUT2D eigenvalue weighted by molar-refractivity contribution is 5.42. The van der Waals surface area contributed by atoms with Gasteiger partial charge in [0.05, 0.1) is 11.4 Å². The number of halogens is 1. The zero-order chi connectivity index (χ0) is 12.4. The maximum atomic E-state index is 13.3. The van der Waals surface area contributed by atoms with E-state index in [-0.39, 0.29) is 5.82 Å². The maximum Gasteiger partial charge on any atom is 0.169 e.